The smallest absolute Gasteiger partial charge is 0.131 e. The van der Waals surface area contributed by atoms with Crippen molar-refractivity contribution in [3.63, 3.8) is 0 Å². The van der Waals surface area contributed by atoms with Gasteiger partial charge in [-0.05, 0) is 20.8 Å². The summed E-state index contributed by atoms with van der Waals surface area (Å²) in [4.78, 5) is 0. The molecule has 0 aromatic carbocycles. The van der Waals surface area contributed by atoms with Crippen molar-refractivity contribution in [3.05, 3.63) is 0 Å². The van der Waals surface area contributed by atoms with Crippen molar-refractivity contribution < 1.29 is 9.84 Å². The van der Waals surface area contributed by atoms with Gasteiger partial charge in [0, 0.05) is 12.6 Å². The van der Waals surface area contributed by atoms with Crippen LogP contribution in [0, 0.1) is 0 Å². The van der Waals surface area contributed by atoms with Gasteiger partial charge in [0.1, 0.15) is 6.23 Å². The lowest BCUT2D eigenvalue weighted by atomic mass is 10.4. The van der Waals surface area contributed by atoms with E-state index in [1.54, 1.807) is 0 Å². The highest BCUT2D eigenvalue weighted by atomic mass is 16.5. The molecule has 0 aromatic heterocycles. The summed E-state index contributed by atoms with van der Waals surface area (Å²) in [6.07, 6.45) is -0.204. The number of hydrogen-bond donors (Lipinski definition) is 2. The topological polar surface area (TPSA) is 41.5 Å². The fourth-order valence-corrected chi connectivity index (χ4v) is 0.726. The van der Waals surface area contributed by atoms with Crippen LogP contribution in [0.4, 0.5) is 0 Å². The van der Waals surface area contributed by atoms with Gasteiger partial charge >= 0.3 is 0 Å². The zero-order chi connectivity index (χ0) is 7.98. The average molecular weight is 147 g/mol. The molecule has 0 aliphatic heterocycles. The van der Waals surface area contributed by atoms with Crippen molar-refractivity contribution in [1.29, 1.82) is 0 Å². The van der Waals surface area contributed by atoms with Crippen molar-refractivity contribution in [2.75, 3.05) is 13.2 Å². The van der Waals surface area contributed by atoms with E-state index in [-0.39, 0.29) is 12.8 Å². The lowest BCUT2D eigenvalue weighted by Crippen LogP contribution is -2.39. The van der Waals surface area contributed by atoms with Gasteiger partial charge in [-0.1, -0.05) is 0 Å². The van der Waals surface area contributed by atoms with Crippen molar-refractivity contribution in [1.82, 2.24) is 5.32 Å². The van der Waals surface area contributed by atoms with E-state index in [4.69, 9.17) is 9.84 Å². The summed E-state index contributed by atoms with van der Waals surface area (Å²) in [5.74, 6) is 0. The predicted octanol–water partition coefficient (Wildman–Crippen LogP) is 0.339. The highest BCUT2D eigenvalue weighted by molar-refractivity contribution is 4.57. The molecule has 0 bridgehead atoms. The molecule has 0 heterocycles. The van der Waals surface area contributed by atoms with Gasteiger partial charge < -0.3 is 9.84 Å². The average Bonchev–Trinajstić information content (AvgIpc) is 1.86. The Bertz CT molecular complexity index is 76.0. The number of nitrogens with one attached hydrogen (secondary N) is 1. The molecule has 1 atom stereocenters. The lowest BCUT2D eigenvalue weighted by Gasteiger charge is -2.18. The molecule has 1 unspecified atom stereocenters. The van der Waals surface area contributed by atoms with E-state index in [9.17, 15) is 0 Å². The zero-order valence-corrected chi connectivity index (χ0v) is 6.92. The maximum atomic E-state index is 8.72. The third-order valence-electron chi connectivity index (χ3n) is 1.05. The molecule has 62 valence electrons. The number of hydrogen-bond acceptors (Lipinski definition) is 3. The van der Waals surface area contributed by atoms with Crippen LogP contribution in [0.15, 0.2) is 0 Å². The fourth-order valence-electron chi connectivity index (χ4n) is 0.726. The van der Waals surface area contributed by atoms with E-state index in [0.717, 1.165) is 0 Å². The Labute approximate surface area is 62.4 Å². The number of rotatable bonds is 5. The summed E-state index contributed by atoms with van der Waals surface area (Å²) in [7, 11) is 0. The molecular weight excluding hydrogens is 130 g/mol. The quantitative estimate of drug-likeness (QED) is 0.551. The molecule has 0 fully saturated rings. The second kappa shape index (κ2) is 5.65. The van der Waals surface area contributed by atoms with Crippen LogP contribution in [0.3, 0.4) is 0 Å². The van der Waals surface area contributed by atoms with Crippen LogP contribution in [0.5, 0.6) is 0 Å². The summed E-state index contributed by atoms with van der Waals surface area (Å²) in [6.45, 7) is 6.60. The van der Waals surface area contributed by atoms with Gasteiger partial charge in [0.25, 0.3) is 0 Å². The van der Waals surface area contributed by atoms with Gasteiger partial charge in [0.05, 0.1) is 6.61 Å². The highest BCUT2D eigenvalue weighted by Gasteiger charge is 2.05. The summed E-state index contributed by atoms with van der Waals surface area (Å²) in [5.41, 5.74) is 0. The molecule has 2 N–H and O–H groups in total. The SMILES string of the molecule is CCOC(CO)NC(C)C. The van der Waals surface area contributed by atoms with Crippen LogP contribution in [-0.4, -0.2) is 30.6 Å². The van der Waals surface area contributed by atoms with Crippen molar-refractivity contribution in [3.8, 4) is 0 Å². The molecule has 0 aromatic rings. The minimum Gasteiger partial charge on any atom is -0.392 e. The van der Waals surface area contributed by atoms with Crippen LogP contribution >= 0.6 is 0 Å². The Morgan fingerprint density at radius 1 is 1.50 bits per heavy atom. The van der Waals surface area contributed by atoms with Gasteiger partial charge in [0.2, 0.25) is 0 Å². The first-order valence-electron chi connectivity index (χ1n) is 3.69. The molecular formula is C7H17NO2. The Morgan fingerprint density at radius 3 is 2.40 bits per heavy atom. The second-order valence-corrected chi connectivity index (χ2v) is 2.45. The molecule has 0 radical (unpaired) electrons. The van der Waals surface area contributed by atoms with Crippen molar-refractivity contribution in [2.24, 2.45) is 0 Å². The Kier molecular flexibility index (Phi) is 5.58. The van der Waals surface area contributed by atoms with Crippen LogP contribution in [0.1, 0.15) is 20.8 Å². The van der Waals surface area contributed by atoms with Crippen molar-refractivity contribution in [2.45, 2.75) is 33.0 Å². The molecule has 10 heavy (non-hydrogen) atoms. The van der Waals surface area contributed by atoms with E-state index < -0.39 is 0 Å². The monoisotopic (exact) mass is 147 g/mol. The Balaban J connectivity index is 3.39. The van der Waals surface area contributed by atoms with Crippen LogP contribution in [-0.2, 0) is 4.74 Å². The summed E-state index contributed by atoms with van der Waals surface area (Å²) < 4.78 is 5.14. The molecule has 3 nitrogen and oxygen atoms in total. The van der Waals surface area contributed by atoms with Crippen molar-refractivity contribution >= 4 is 0 Å². The molecule has 0 rings (SSSR count). The van der Waals surface area contributed by atoms with Gasteiger partial charge in [-0.15, -0.1) is 0 Å². The minimum absolute atomic E-state index is 0.0337. The van der Waals surface area contributed by atoms with Crippen LogP contribution in [0.25, 0.3) is 0 Å². The number of ether oxygens (including phenoxy) is 1. The van der Waals surface area contributed by atoms with E-state index in [0.29, 0.717) is 12.6 Å². The van der Waals surface area contributed by atoms with E-state index >= 15 is 0 Å². The summed E-state index contributed by atoms with van der Waals surface area (Å²) in [6, 6.07) is 0.351. The normalized spacial score (nSPS) is 14.1. The second-order valence-electron chi connectivity index (χ2n) is 2.45. The largest absolute Gasteiger partial charge is 0.392 e. The van der Waals surface area contributed by atoms with Gasteiger partial charge in [0.15, 0.2) is 0 Å². The van der Waals surface area contributed by atoms with E-state index in [1.165, 1.54) is 0 Å². The third kappa shape index (κ3) is 4.73. The van der Waals surface area contributed by atoms with Crippen LogP contribution in [0.2, 0.25) is 0 Å². The first-order valence-corrected chi connectivity index (χ1v) is 3.69. The molecule has 0 aliphatic carbocycles. The molecule has 0 saturated heterocycles. The summed E-state index contributed by atoms with van der Waals surface area (Å²) >= 11 is 0. The Morgan fingerprint density at radius 2 is 2.10 bits per heavy atom. The maximum absolute atomic E-state index is 8.72. The third-order valence-corrected chi connectivity index (χ3v) is 1.05. The first-order chi connectivity index (χ1) is 4.70. The van der Waals surface area contributed by atoms with E-state index in [1.807, 2.05) is 20.8 Å². The predicted molar refractivity (Wildman–Crippen MR) is 40.8 cm³/mol. The minimum atomic E-state index is -0.204. The molecule has 0 spiro atoms. The zero-order valence-electron chi connectivity index (χ0n) is 6.92. The first kappa shape index (κ1) is 9.88. The molecule has 3 heteroatoms. The molecule has 0 aliphatic rings. The fraction of sp³-hybridized carbons (Fsp3) is 1.00. The highest BCUT2D eigenvalue weighted by Crippen LogP contribution is 1.88. The summed E-state index contributed by atoms with van der Waals surface area (Å²) in [5, 5.41) is 11.8. The molecule has 0 amide bonds. The number of aliphatic hydroxyl groups is 1. The maximum Gasteiger partial charge on any atom is 0.131 e. The van der Waals surface area contributed by atoms with Crippen LogP contribution < -0.4 is 5.32 Å². The lowest BCUT2D eigenvalue weighted by molar-refractivity contribution is -0.00636. The number of aliphatic hydroxyl groups excluding tert-OH is 1. The standard InChI is InChI=1S/C7H17NO2/c1-4-10-7(5-9)8-6(2)3/h6-9H,4-5H2,1-3H3. The van der Waals surface area contributed by atoms with E-state index in [2.05, 4.69) is 5.32 Å². The van der Waals surface area contributed by atoms with Gasteiger partial charge in [-0.2, -0.15) is 0 Å². The van der Waals surface area contributed by atoms with Gasteiger partial charge in [-0.3, -0.25) is 5.32 Å². The molecule has 0 saturated carbocycles. The van der Waals surface area contributed by atoms with Gasteiger partial charge in [-0.25, -0.2) is 0 Å². The Hall–Kier alpha value is -0.120.